The van der Waals surface area contributed by atoms with E-state index in [-0.39, 0.29) is 6.04 Å². The standard InChI is InChI=1S/C16H19N3O3S2/c1-24(20,21)15-7-6-11(23-15)10-18-16(17)19-13-8-9-22-14-5-3-2-4-12(13)14/h2-7,13H,8-10H2,1H3,(H3,17,18,19). The van der Waals surface area contributed by atoms with Crippen LogP contribution in [-0.4, -0.2) is 27.2 Å². The second-order valence-electron chi connectivity index (χ2n) is 5.57. The van der Waals surface area contributed by atoms with E-state index in [2.05, 4.69) is 10.3 Å². The van der Waals surface area contributed by atoms with E-state index in [9.17, 15) is 8.42 Å². The summed E-state index contributed by atoms with van der Waals surface area (Å²) in [6.45, 7) is 0.981. The zero-order valence-electron chi connectivity index (χ0n) is 13.2. The monoisotopic (exact) mass is 365 g/mol. The van der Waals surface area contributed by atoms with Crippen LogP contribution in [0.1, 0.15) is 22.9 Å². The summed E-state index contributed by atoms with van der Waals surface area (Å²) >= 11 is 1.22. The predicted molar refractivity (Wildman–Crippen MR) is 95.2 cm³/mol. The van der Waals surface area contributed by atoms with Crippen molar-refractivity contribution in [1.82, 2.24) is 5.32 Å². The first kappa shape index (κ1) is 16.8. The lowest BCUT2D eigenvalue weighted by Gasteiger charge is -2.26. The van der Waals surface area contributed by atoms with E-state index in [0.29, 0.717) is 23.3 Å². The Morgan fingerprint density at radius 3 is 2.92 bits per heavy atom. The number of hydrogen-bond donors (Lipinski definition) is 2. The third kappa shape index (κ3) is 3.88. The number of guanidine groups is 1. The van der Waals surface area contributed by atoms with Crippen molar-refractivity contribution in [3.63, 3.8) is 0 Å². The van der Waals surface area contributed by atoms with Gasteiger partial charge in [-0.3, -0.25) is 0 Å². The summed E-state index contributed by atoms with van der Waals surface area (Å²) in [5.74, 6) is 1.20. The second kappa shape index (κ2) is 6.82. The van der Waals surface area contributed by atoms with E-state index in [1.54, 1.807) is 12.1 Å². The van der Waals surface area contributed by atoms with Crippen LogP contribution in [0, 0.1) is 0 Å². The number of nitrogens with one attached hydrogen (secondary N) is 1. The first-order valence-corrected chi connectivity index (χ1v) is 10.2. The summed E-state index contributed by atoms with van der Waals surface area (Å²) in [5.41, 5.74) is 7.05. The van der Waals surface area contributed by atoms with Crippen LogP contribution in [0.25, 0.3) is 0 Å². The van der Waals surface area contributed by atoms with Gasteiger partial charge in [0.25, 0.3) is 0 Å². The molecule has 0 amide bonds. The van der Waals surface area contributed by atoms with E-state index in [1.807, 2.05) is 24.3 Å². The van der Waals surface area contributed by atoms with E-state index < -0.39 is 9.84 Å². The molecule has 3 N–H and O–H groups in total. The lowest BCUT2D eigenvalue weighted by Crippen LogP contribution is -2.37. The fourth-order valence-corrected chi connectivity index (χ4v) is 4.42. The van der Waals surface area contributed by atoms with Crippen LogP contribution in [0.15, 0.2) is 45.6 Å². The molecule has 1 unspecified atom stereocenters. The van der Waals surface area contributed by atoms with Gasteiger partial charge >= 0.3 is 0 Å². The molecule has 2 heterocycles. The Kier molecular flexibility index (Phi) is 4.77. The Hall–Kier alpha value is -2.06. The first-order valence-electron chi connectivity index (χ1n) is 7.50. The van der Waals surface area contributed by atoms with Crippen molar-refractivity contribution in [3.8, 4) is 5.75 Å². The zero-order chi connectivity index (χ0) is 17.2. The first-order chi connectivity index (χ1) is 11.4. The number of hydrogen-bond acceptors (Lipinski definition) is 5. The van der Waals surface area contributed by atoms with Crippen molar-refractivity contribution in [3.05, 3.63) is 46.8 Å². The third-order valence-corrected chi connectivity index (χ3v) is 6.58. The molecule has 1 aromatic heterocycles. The largest absolute Gasteiger partial charge is 0.493 e. The Balaban J connectivity index is 1.66. The Bertz CT molecular complexity index is 859. The Morgan fingerprint density at radius 1 is 1.38 bits per heavy atom. The fourth-order valence-electron chi connectivity index (χ4n) is 2.52. The minimum atomic E-state index is -3.17. The van der Waals surface area contributed by atoms with Crippen LogP contribution in [0.4, 0.5) is 0 Å². The maximum atomic E-state index is 11.5. The highest BCUT2D eigenvalue weighted by molar-refractivity contribution is 7.92. The van der Waals surface area contributed by atoms with E-state index in [1.165, 1.54) is 17.6 Å². The van der Waals surface area contributed by atoms with Crippen LogP contribution in [0.5, 0.6) is 5.75 Å². The Morgan fingerprint density at radius 2 is 2.17 bits per heavy atom. The minimum Gasteiger partial charge on any atom is -0.493 e. The molecule has 3 rings (SSSR count). The molecule has 1 atom stereocenters. The number of benzene rings is 1. The van der Waals surface area contributed by atoms with Gasteiger partial charge < -0.3 is 15.8 Å². The molecule has 0 radical (unpaired) electrons. The zero-order valence-corrected chi connectivity index (χ0v) is 14.9. The molecule has 2 aromatic rings. The molecular formula is C16H19N3O3S2. The van der Waals surface area contributed by atoms with Gasteiger partial charge in [0.05, 0.1) is 19.2 Å². The smallest absolute Gasteiger partial charge is 0.189 e. The molecule has 1 aliphatic rings. The number of rotatable bonds is 4. The summed E-state index contributed by atoms with van der Waals surface area (Å²) < 4.78 is 28.9. The quantitative estimate of drug-likeness (QED) is 0.639. The third-order valence-electron chi connectivity index (χ3n) is 3.69. The van der Waals surface area contributed by atoms with Crippen molar-refractivity contribution >= 4 is 27.1 Å². The molecule has 0 fully saturated rings. The number of aliphatic imine (C=N–C) groups is 1. The second-order valence-corrected chi connectivity index (χ2v) is 8.98. The predicted octanol–water partition coefficient (Wildman–Crippen LogP) is 2.08. The number of nitrogens with zero attached hydrogens (tertiary/aromatic N) is 1. The van der Waals surface area contributed by atoms with Crippen LogP contribution in [0.3, 0.4) is 0 Å². The van der Waals surface area contributed by atoms with E-state index >= 15 is 0 Å². The van der Waals surface area contributed by atoms with Gasteiger partial charge in [-0.1, -0.05) is 18.2 Å². The molecule has 0 saturated carbocycles. The number of thiophene rings is 1. The number of sulfone groups is 1. The molecule has 6 nitrogen and oxygen atoms in total. The molecule has 0 spiro atoms. The van der Waals surface area contributed by atoms with Crippen molar-refractivity contribution in [2.24, 2.45) is 10.7 Å². The summed E-state index contributed by atoms with van der Waals surface area (Å²) in [6, 6.07) is 11.3. The lowest BCUT2D eigenvalue weighted by atomic mass is 10.0. The topological polar surface area (TPSA) is 93.8 Å². The number of nitrogens with two attached hydrogens (primary N) is 1. The average molecular weight is 365 g/mol. The lowest BCUT2D eigenvalue weighted by molar-refractivity contribution is 0.262. The van der Waals surface area contributed by atoms with Crippen molar-refractivity contribution in [2.45, 2.75) is 23.2 Å². The number of ether oxygens (including phenoxy) is 1. The van der Waals surface area contributed by atoms with Gasteiger partial charge in [0.1, 0.15) is 9.96 Å². The van der Waals surface area contributed by atoms with Crippen molar-refractivity contribution < 1.29 is 13.2 Å². The van der Waals surface area contributed by atoms with Crippen LogP contribution >= 0.6 is 11.3 Å². The van der Waals surface area contributed by atoms with E-state index in [4.69, 9.17) is 10.5 Å². The SMILES string of the molecule is CS(=O)(=O)c1ccc(CN=C(N)NC2CCOc3ccccc32)s1. The molecule has 8 heteroatoms. The molecule has 0 bridgehead atoms. The summed E-state index contributed by atoms with van der Waals surface area (Å²) in [7, 11) is -3.17. The summed E-state index contributed by atoms with van der Waals surface area (Å²) in [6.07, 6.45) is 2.01. The van der Waals surface area contributed by atoms with E-state index in [0.717, 1.165) is 22.6 Å². The van der Waals surface area contributed by atoms with Gasteiger partial charge in [-0.25, -0.2) is 13.4 Å². The molecule has 1 aliphatic heterocycles. The molecule has 24 heavy (non-hydrogen) atoms. The Labute approximate surface area is 145 Å². The molecule has 0 saturated heterocycles. The highest BCUT2D eigenvalue weighted by Gasteiger charge is 2.21. The van der Waals surface area contributed by atoms with Gasteiger partial charge in [-0.15, -0.1) is 11.3 Å². The van der Waals surface area contributed by atoms with Gasteiger partial charge in [-0.2, -0.15) is 0 Å². The highest BCUT2D eigenvalue weighted by atomic mass is 32.2. The minimum absolute atomic E-state index is 0.0635. The van der Waals surface area contributed by atoms with Crippen LogP contribution < -0.4 is 15.8 Å². The normalized spacial score (nSPS) is 17.9. The molecule has 128 valence electrons. The summed E-state index contributed by atoms with van der Waals surface area (Å²) in [5, 5.41) is 3.22. The maximum absolute atomic E-state index is 11.5. The molecule has 1 aromatic carbocycles. The highest BCUT2D eigenvalue weighted by Crippen LogP contribution is 2.31. The van der Waals surface area contributed by atoms with Gasteiger partial charge in [0.15, 0.2) is 15.8 Å². The molecular weight excluding hydrogens is 346 g/mol. The van der Waals surface area contributed by atoms with Gasteiger partial charge in [0, 0.05) is 23.1 Å². The summed E-state index contributed by atoms with van der Waals surface area (Å²) in [4.78, 5) is 5.17. The fraction of sp³-hybridized carbons (Fsp3) is 0.312. The van der Waals surface area contributed by atoms with Crippen molar-refractivity contribution in [2.75, 3.05) is 12.9 Å². The van der Waals surface area contributed by atoms with Crippen LogP contribution in [0.2, 0.25) is 0 Å². The number of para-hydroxylation sites is 1. The maximum Gasteiger partial charge on any atom is 0.189 e. The van der Waals surface area contributed by atoms with Crippen LogP contribution in [-0.2, 0) is 16.4 Å². The average Bonchev–Trinajstić information content (AvgIpc) is 3.03. The van der Waals surface area contributed by atoms with Crippen molar-refractivity contribution in [1.29, 1.82) is 0 Å². The number of fused-ring (bicyclic) bond motifs is 1. The van der Waals surface area contributed by atoms with Gasteiger partial charge in [0.2, 0.25) is 0 Å². The molecule has 0 aliphatic carbocycles. The van der Waals surface area contributed by atoms with Gasteiger partial charge in [-0.05, 0) is 18.2 Å².